The fourth-order valence-corrected chi connectivity index (χ4v) is 2.97. The van der Waals surface area contributed by atoms with Crippen molar-refractivity contribution >= 4 is 33.1 Å². The second-order valence-corrected chi connectivity index (χ2v) is 5.66. The van der Waals surface area contributed by atoms with Gasteiger partial charge in [0, 0.05) is 42.5 Å². The van der Waals surface area contributed by atoms with Crippen LogP contribution in [0.25, 0.3) is 0 Å². The van der Waals surface area contributed by atoms with E-state index in [-0.39, 0.29) is 5.84 Å². The zero-order valence-electron chi connectivity index (χ0n) is 10.3. The summed E-state index contributed by atoms with van der Waals surface area (Å²) in [6.07, 6.45) is 0.545. The molecule has 0 aliphatic rings. The van der Waals surface area contributed by atoms with Crippen molar-refractivity contribution in [1.82, 2.24) is 4.90 Å². The Hall–Kier alpha value is -0.630. The Morgan fingerprint density at radius 2 is 2.39 bits per heavy atom. The number of hydrogen-bond donors (Lipinski definition) is 2. The van der Waals surface area contributed by atoms with Crippen molar-refractivity contribution in [1.29, 1.82) is 0 Å². The van der Waals surface area contributed by atoms with Crippen molar-refractivity contribution in [3.8, 4) is 0 Å². The van der Waals surface area contributed by atoms with Crippen molar-refractivity contribution in [2.24, 2.45) is 10.9 Å². The molecule has 1 rings (SSSR count). The third-order valence-electron chi connectivity index (χ3n) is 2.48. The molecule has 0 spiro atoms. The lowest BCUT2D eigenvalue weighted by molar-refractivity contribution is 0.146. The molecule has 0 aliphatic carbocycles. The number of nitrogens with zero attached hydrogens (tertiary/aromatic N) is 2. The van der Waals surface area contributed by atoms with Gasteiger partial charge in [0.25, 0.3) is 0 Å². The summed E-state index contributed by atoms with van der Waals surface area (Å²) in [6, 6.07) is 2.04. The van der Waals surface area contributed by atoms with Crippen molar-refractivity contribution in [3.05, 3.63) is 20.8 Å². The van der Waals surface area contributed by atoms with Crippen LogP contribution in [0.5, 0.6) is 0 Å². The minimum atomic E-state index is 0.252. The van der Waals surface area contributed by atoms with Gasteiger partial charge >= 0.3 is 0 Å². The minimum Gasteiger partial charge on any atom is -0.409 e. The fourth-order valence-electron chi connectivity index (χ4n) is 1.45. The lowest BCUT2D eigenvalue weighted by atomic mass is 10.3. The highest BCUT2D eigenvalue weighted by atomic mass is 79.9. The Morgan fingerprint density at radius 1 is 1.61 bits per heavy atom. The maximum Gasteiger partial charge on any atom is 0.140 e. The van der Waals surface area contributed by atoms with Crippen LogP contribution in [0, 0.1) is 0 Å². The molecule has 0 amide bonds. The predicted octanol–water partition coefficient (Wildman–Crippen LogP) is 2.10. The van der Waals surface area contributed by atoms with E-state index in [4.69, 9.17) is 15.7 Å². The molecule has 18 heavy (non-hydrogen) atoms. The average Bonchev–Trinajstić information content (AvgIpc) is 2.77. The van der Waals surface area contributed by atoms with Crippen molar-refractivity contribution < 1.29 is 9.94 Å². The van der Waals surface area contributed by atoms with Crippen LogP contribution < -0.4 is 5.73 Å². The van der Waals surface area contributed by atoms with Gasteiger partial charge in [0.15, 0.2) is 0 Å². The highest BCUT2D eigenvalue weighted by Gasteiger charge is 2.10. The Morgan fingerprint density at radius 3 is 2.94 bits per heavy atom. The van der Waals surface area contributed by atoms with Crippen molar-refractivity contribution in [3.63, 3.8) is 0 Å². The van der Waals surface area contributed by atoms with E-state index < -0.39 is 0 Å². The second kappa shape index (κ2) is 8.47. The van der Waals surface area contributed by atoms with Gasteiger partial charge in [-0.1, -0.05) is 5.16 Å². The summed E-state index contributed by atoms with van der Waals surface area (Å²) < 4.78 is 6.22. The molecule has 0 saturated carbocycles. The third kappa shape index (κ3) is 5.34. The first-order valence-corrected chi connectivity index (χ1v) is 7.24. The summed E-state index contributed by atoms with van der Waals surface area (Å²) >= 11 is 5.23. The van der Waals surface area contributed by atoms with Crippen LogP contribution in [-0.4, -0.2) is 42.7 Å². The monoisotopic (exact) mass is 335 g/mol. The highest BCUT2D eigenvalue weighted by Crippen LogP contribution is 2.24. The summed E-state index contributed by atoms with van der Waals surface area (Å²) in [5.74, 6) is 0.252. The average molecular weight is 336 g/mol. The molecule has 1 aromatic rings. The number of hydrogen-bond acceptors (Lipinski definition) is 5. The van der Waals surface area contributed by atoms with Crippen LogP contribution >= 0.6 is 27.3 Å². The number of methoxy groups -OCH3 is 1. The summed E-state index contributed by atoms with van der Waals surface area (Å²) in [4.78, 5) is 3.49. The zero-order chi connectivity index (χ0) is 13.4. The Bertz CT molecular complexity index is 384. The SMILES string of the molecule is COCCN(CCC(N)=NO)Cc1sccc1Br. The highest BCUT2D eigenvalue weighted by molar-refractivity contribution is 9.10. The Labute approximate surface area is 119 Å². The molecule has 102 valence electrons. The molecule has 5 nitrogen and oxygen atoms in total. The molecular formula is C11H18BrN3O2S. The molecule has 0 saturated heterocycles. The molecule has 1 heterocycles. The van der Waals surface area contributed by atoms with Gasteiger partial charge in [-0.2, -0.15) is 0 Å². The summed E-state index contributed by atoms with van der Waals surface area (Å²) in [7, 11) is 1.68. The van der Waals surface area contributed by atoms with E-state index in [9.17, 15) is 0 Å². The lowest BCUT2D eigenvalue weighted by Crippen LogP contribution is -2.30. The number of amidine groups is 1. The van der Waals surface area contributed by atoms with Gasteiger partial charge in [-0.05, 0) is 27.4 Å². The van der Waals surface area contributed by atoms with E-state index in [1.807, 2.05) is 6.07 Å². The minimum absolute atomic E-state index is 0.252. The molecule has 7 heteroatoms. The number of rotatable bonds is 8. The van der Waals surface area contributed by atoms with Gasteiger partial charge in [-0.25, -0.2) is 0 Å². The van der Waals surface area contributed by atoms with Crippen LogP contribution in [0.1, 0.15) is 11.3 Å². The van der Waals surface area contributed by atoms with Crippen molar-refractivity contribution in [2.45, 2.75) is 13.0 Å². The Balaban J connectivity index is 2.52. The quantitative estimate of drug-likeness (QED) is 0.330. The van der Waals surface area contributed by atoms with E-state index in [0.717, 1.165) is 24.1 Å². The van der Waals surface area contributed by atoms with Crippen molar-refractivity contribution in [2.75, 3.05) is 26.8 Å². The molecule has 0 unspecified atom stereocenters. The van der Waals surface area contributed by atoms with E-state index in [1.165, 1.54) is 4.88 Å². The van der Waals surface area contributed by atoms with Crippen LogP contribution in [0.3, 0.4) is 0 Å². The molecular weight excluding hydrogens is 318 g/mol. The maximum atomic E-state index is 8.54. The summed E-state index contributed by atoms with van der Waals surface area (Å²) in [5.41, 5.74) is 5.49. The predicted molar refractivity (Wildman–Crippen MR) is 77.2 cm³/mol. The second-order valence-electron chi connectivity index (χ2n) is 3.80. The standard InChI is InChI=1S/C11H18BrN3O2S/c1-17-6-5-15(4-2-11(13)14-16)8-10-9(12)3-7-18-10/h3,7,16H,2,4-6,8H2,1H3,(H2,13,14). The molecule has 3 N–H and O–H groups in total. The third-order valence-corrected chi connectivity index (χ3v) is 4.39. The smallest absolute Gasteiger partial charge is 0.140 e. The van der Waals surface area contributed by atoms with Gasteiger partial charge in [0.2, 0.25) is 0 Å². The van der Waals surface area contributed by atoms with Gasteiger partial charge in [0.1, 0.15) is 5.84 Å². The first-order valence-electron chi connectivity index (χ1n) is 5.57. The van der Waals surface area contributed by atoms with Gasteiger partial charge < -0.3 is 15.7 Å². The first-order chi connectivity index (χ1) is 8.67. The first kappa shape index (κ1) is 15.4. The number of oxime groups is 1. The van der Waals surface area contributed by atoms with E-state index in [0.29, 0.717) is 13.0 Å². The largest absolute Gasteiger partial charge is 0.409 e. The molecule has 0 atom stereocenters. The fraction of sp³-hybridized carbons (Fsp3) is 0.545. The number of thiophene rings is 1. The van der Waals surface area contributed by atoms with Crippen LogP contribution in [-0.2, 0) is 11.3 Å². The van der Waals surface area contributed by atoms with Gasteiger partial charge in [-0.15, -0.1) is 11.3 Å². The van der Waals surface area contributed by atoms with Gasteiger partial charge in [-0.3, -0.25) is 4.90 Å². The lowest BCUT2D eigenvalue weighted by Gasteiger charge is -2.21. The van der Waals surface area contributed by atoms with E-state index in [2.05, 4.69) is 31.4 Å². The van der Waals surface area contributed by atoms with Crippen LogP contribution in [0.2, 0.25) is 0 Å². The molecule has 0 radical (unpaired) electrons. The molecule has 0 aromatic carbocycles. The van der Waals surface area contributed by atoms with E-state index >= 15 is 0 Å². The van der Waals surface area contributed by atoms with Crippen LogP contribution in [0.4, 0.5) is 0 Å². The molecule has 0 bridgehead atoms. The van der Waals surface area contributed by atoms with E-state index in [1.54, 1.807) is 18.4 Å². The number of nitrogens with two attached hydrogens (primary N) is 1. The molecule has 0 fully saturated rings. The zero-order valence-corrected chi connectivity index (χ0v) is 12.7. The molecule has 0 aliphatic heterocycles. The normalized spacial score (nSPS) is 12.3. The Kier molecular flexibility index (Phi) is 7.26. The topological polar surface area (TPSA) is 71.1 Å². The molecule has 1 aromatic heterocycles. The summed E-state index contributed by atoms with van der Waals surface area (Å²) in [6.45, 7) is 3.06. The van der Waals surface area contributed by atoms with Gasteiger partial charge in [0.05, 0.1) is 6.61 Å². The summed E-state index contributed by atoms with van der Waals surface area (Å²) in [5, 5.41) is 13.6. The number of ether oxygens (including phenoxy) is 1. The number of halogens is 1. The van der Waals surface area contributed by atoms with Crippen LogP contribution in [0.15, 0.2) is 21.1 Å². The maximum absolute atomic E-state index is 8.54.